The molecule has 0 aliphatic heterocycles. The van der Waals surface area contributed by atoms with Crippen LogP contribution in [0.25, 0.3) is 0 Å². The number of hydrogen-bond acceptors (Lipinski definition) is 4. The number of esters is 1. The highest BCUT2D eigenvalue weighted by molar-refractivity contribution is 5.96. The average molecular weight is 312 g/mol. The van der Waals surface area contributed by atoms with Crippen LogP contribution >= 0.6 is 0 Å². The van der Waals surface area contributed by atoms with E-state index < -0.39 is 5.97 Å². The van der Waals surface area contributed by atoms with E-state index in [0.29, 0.717) is 5.56 Å². The number of carbonyl (C=O) groups is 2. The minimum absolute atomic E-state index is 0.281. The molecule has 2 rings (SSSR count). The Hall–Kier alpha value is -2.69. The fourth-order valence-corrected chi connectivity index (χ4v) is 2.22. The number of aromatic nitrogens is 1. The van der Waals surface area contributed by atoms with Gasteiger partial charge in [0.25, 0.3) is 5.91 Å². The number of ether oxygens (including phenoxy) is 1. The third-order valence-electron chi connectivity index (χ3n) is 3.42. The van der Waals surface area contributed by atoms with E-state index in [1.165, 1.54) is 6.20 Å². The number of anilines is 1. The Morgan fingerprint density at radius 3 is 2.65 bits per heavy atom. The number of para-hydroxylation sites is 1. The number of amides is 1. The lowest BCUT2D eigenvalue weighted by atomic mass is 9.98. The summed E-state index contributed by atoms with van der Waals surface area (Å²) < 4.78 is 5.01. The second-order valence-corrected chi connectivity index (χ2v) is 5.56. The van der Waals surface area contributed by atoms with Crippen LogP contribution in [0.4, 0.5) is 5.69 Å². The van der Waals surface area contributed by atoms with Crippen LogP contribution in [-0.4, -0.2) is 23.5 Å². The molecule has 0 unspecified atom stereocenters. The van der Waals surface area contributed by atoms with Crippen molar-refractivity contribution in [3.63, 3.8) is 0 Å². The predicted octanol–water partition coefficient (Wildman–Crippen LogP) is 3.31. The summed E-state index contributed by atoms with van der Waals surface area (Å²) in [6, 6.07) is 9.10. The maximum Gasteiger partial charge on any atom is 0.340 e. The first-order chi connectivity index (χ1) is 11.0. The summed E-state index contributed by atoms with van der Waals surface area (Å²) in [6.07, 6.45) is 2.97. The minimum atomic E-state index is -0.567. The fraction of sp³-hybridized carbons (Fsp3) is 0.278. The van der Waals surface area contributed by atoms with Gasteiger partial charge < -0.3 is 10.1 Å². The molecule has 0 aliphatic carbocycles. The molecule has 120 valence electrons. The number of nitrogens with one attached hydrogen (secondary N) is 1. The molecule has 23 heavy (non-hydrogen) atoms. The summed E-state index contributed by atoms with van der Waals surface area (Å²) in [5.41, 5.74) is 3.13. The van der Waals surface area contributed by atoms with E-state index in [4.69, 9.17) is 4.74 Å². The number of aryl methyl sites for hydroxylation is 1. The first-order valence-corrected chi connectivity index (χ1v) is 7.45. The van der Waals surface area contributed by atoms with Gasteiger partial charge >= 0.3 is 5.97 Å². The Labute approximate surface area is 135 Å². The van der Waals surface area contributed by atoms with E-state index in [-0.39, 0.29) is 18.4 Å². The molecule has 0 saturated carbocycles. The molecule has 0 spiro atoms. The highest BCUT2D eigenvalue weighted by Gasteiger charge is 2.14. The largest absolute Gasteiger partial charge is 0.452 e. The molecule has 1 amide bonds. The Kier molecular flexibility index (Phi) is 5.46. The van der Waals surface area contributed by atoms with Crippen LogP contribution in [0.5, 0.6) is 0 Å². The minimum Gasteiger partial charge on any atom is -0.452 e. The number of benzene rings is 1. The summed E-state index contributed by atoms with van der Waals surface area (Å²) in [5.74, 6) is -0.649. The Balaban J connectivity index is 1.99. The Morgan fingerprint density at radius 1 is 1.22 bits per heavy atom. The molecule has 0 fully saturated rings. The number of rotatable bonds is 5. The summed E-state index contributed by atoms with van der Waals surface area (Å²) in [5, 5.41) is 2.84. The van der Waals surface area contributed by atoms with Gasteiger partial charge in [0, 0.05) is 18.1 Å². The van der Waals surface area contributed by atoms with Crippen LogP contribution in [-0.2, 0) is 9.53 Å². The van der Waals surface area contributed by atoms with E-state index in [2.05, 4.69) is 24.1 Å². The molecule has 5 heteroatoms. The molecule has 0 atom stereocenters. The van der Waals surface area contributed by atoms with Crippen LogP contribution in [0.15, 0.2) is 42.7 Å². The molecule has 0 saturated heterocycles. The Morgan fingerprint density at radius 2 is 2.00 bits per heavy atom. The number of carbonyl (C=O) groups excluding carboxylic acids is 2. The van der Waals surface area contributed by atoms with Crippen molar-refractivity contribution in [2.45, 2.75) is 26.7 Å². The monoisotopic (exact) mass is 312 g/mol. The molecular formula is C18H20N2O3. The smallest absolute Gasteiger partial charge is 0.340 e. The lowest BCUT2D eigenvalue weighted by Gasteiger charge is -2.16. The van der Waals surface area contributed by atoms with Gasteiger partial charge in [-0.25, -0.2) is 4.79 Å². The zero-order valence-corrected chi connectivity index (χ0v) is 13.5. The van der Waals surface area contributed by atoms with Gasteiger partial charge in [-0.15, -0.1) is 0 Å². The van der Waals surface area contributed by atoms with Crippen molar-refractivity contribution in [2.24, 2.45) is 0 Å². The van der Waals surface area contributed by atoms with Gasteiger partial charge in [0.1, 0.15) is 0 Å². The van der Waals surface area contributed by atoms with Crippen LogP contribution in [0.1, 0.15) is 41.3 Å². The topological polar surface area (TPSA) is 68.3 Å². The van der Waals surface area contributed by atoms with E-state index in [0.717, 1.165) is 16.8 Å². The second kappa shape index (κ2) is 7.54. The van der Waals surface area contributed by atoms with Crippen molar-refractivity contribution in [3.8, 4) is 0 Å². The summed E-state index contributed by atoms with van der Waals surface area (Å²) in [6.45, 7) is 5.72. The third kappa shape index (κ3) is 4.39. The van der Waals surface area contributed by atoms with E-state index in [1.54, 1.807) is 18.3 Å². The number of nitrogens with zero attached hydrogens (tertiary/aromatic N) is 1. The zero-order chi connectivity index (χ0) is 16.8. The van der Waals surface area contributed by atoms with Gasteiger partial charge in [-0.3, -0.25) is 9.78 Å². The summed E-state index contributed by atoms with van der Waals surface area (Å²) in [7, 11) is 0. The van der Waals surface area contributed by atoms with Crippen molar-refractivity contribution < 1.29 is 14.3 Å². The SMILES string of the molecule is Cc1cccc(C(C)C)c1NC(=O)COC(=O)c1cccnc1. The standard InChI is InChI=1S/C18H20N2O3/c1-12(2)15-8-4-6-13(3)17(15)20-16(21)11-23-18(22)14-7-5-9-19-10-14/h4-10,12H,11H2,1-3H3,(H,20,21). The van der Waals surface area contributed by atoms with E-state index in [1.807, 2.05) is 25.1 Å². The third-order valence-corrected chi connectivity index (χ3v) is 3.42. The van der Waals surface area contributed by atoms with Crippen molar-refractivity contribution >= 4 is 17.6 Å². The van der Waals surface area contributed by atoms with Crippen LogP contribution in [0.2, 0.25) is 0 Å². The molecule has 0 radical (unpaired) electrons. The lowest BCUT2D eigenvalue weighted by molar-refractivity contribution is -0.119. The van der Waals surface area contributed by atoms with Crippen LogP contribution < -0.4 is 5.32 Å². The van der Waals surface area contributed by atoms with E-state index in [9.17, 15) is 9.59 Å². The lowest BCUT2D eigenvalue weighted by Crippen LogP contribution is -2.22. The summed E-state index contributed by atoms with van der Waals surface area (Å²) in [4.78, 5) is 27.7. The maximum atomic E-state index is 12.1. The molecule has 0 bridgehead atoms. The zero-order valence-electron chi connectivity index (χ0n) is 13.5. The molecule has 1 heterocycles. The molecular weight excluding hydrogens is 292 g/mol. The van der Waals surface area contributed by atoms with Crippen molar-refractivity contribution in [2.75, 3.05) is 11.9 Å². The highest BCUT2D eigenvalue weighted by atomic mass is 16.5. The van der Waals surface area contributed by atoms with Crippen molar-refractivity contribution in [3.05, 3.63) is 59.4 Å². The van der Waals surface area contributed by atoms with Gasteiger partial charge in [-0.2, -0.15) is 0 Å². The van der Waals surface area contributed by atoms with Gasteiger partial charge in [-0.1, -0.05) is 32.0 Å². The number of pyridine rings is 1. The first kappa shape index (κ1) is 16.7. The highest BCUT2D eigenvalue weighted by Crippen LogP contribution is 2.27. The predicted molar refractivity (Wildman–Crippen MR) is 88.4 cm³/mol. The average Bonchev–Trinajstić information content (AvgIpc) is 2.55. The first-order valence-electron chi connectivity index (χ1n) is 7.45. The van der Waals surface area contributed by atoms with Gasteiger partial charge in [0.15, 0.2) is 6.61 Å². The quantitative estimate of drug-likeness (QED) is 0.860. The van der Waals surface area contributed by atoms with Gasteiger partial charge in [0.05, 0.1) is 5.56 Å². The van der Waals surface area contributed by atoms with Gasteiger partial charge in [0.2, 0.25) is 0 Å². The number of hydrogen-bond donors (Lipinski definition) is 1. The summed E-state index contributed by atoms with van der Waals surface area (Å²) >= 11 is 0. The molecule has 1 aromatic heterocycles. The van der Waals surface area contributed by atoms with E-state index >= 15 is 0 Å². The normalized spacial score (nSPS) is 10.4. The maximum absolute atomic E-state index is 12.1. The molecule has 0 aliphatic rings. The van der Waals surface area contributed by atoms with Crippen LogP contribution in [0, 0.1) is 6.92 Å². The molecule has 2 aromatic rings. The molecule has 5 nitrogen and oxygen atoms in total. The van der Waals surface area contributed by atoms with Crippen molar-refractivity contribution in [1.82, 2.24) is 4.98 Å². The second-order valence-electron chi connectivity index (χ2n) is 5.56. The van der Waals surface area contributed by atoms with Crippen molar-refractivity contribution in [1.29, 1.82) is 0 Å². The molecule has 1 N–H and O–H groups in total. The fourth-order valence-electron chi connectivity index (χ4n) is 2.22. The Bertz CT molecular complexity index is 697. The molecule has 1 aromatic carbocycles. The van der Waals surface area contributed by atoms with Gasteiger partial charge in [-0.05, 0) is 36.1 Å². The van der Waals surface area contributed by atoms with Crippen LogP contribution in [0.3, 0.4) is 0 Å².